The number of aliphatic carboxylic acids is 1. The second-order valence-electron chi connectivity index (χ2n) is 14.5. The Kier molecular flexibility index (Phi) is 6.12. The Morgan fingerprint density at radius 3 is 2.31 bits per heavy atom. The zero-order chi connectivity index (χ0) is 26.5. The van der Waals surface area contributed by atoms with Crippen molar-refractivity contribution in [3.05, 3.63) is 11.6 Å². The van der Waals surface area contributed by atoms with Crippen LogP contribution in [0.3, 0.4) is 0 Å². The molecule has 5 aliphatic rings. The number of aliphatic hydroxyl groups is 4. The molecule has 0 saturated heterocycles. The molecule has 0 aromatic carbocycles. The van der Waals surface area contributed by atoms with Crippen molar-refractivity contribution >= 4 is 5.97 Å². The molecule has 12 atom stereocenters. The Hall–Kier alpha value is -0.950. The molecule has 6 nitrogen and oxygen atoms in total. The lowest BCUT2D eigenvalue weighted by molar-refractivity contribution is -0.244. The van der Waals surface area contributed by atoms with Crippen LogP contribution in [-0.4, -0.2) is 56.9 Å². The van der Waals surface area contributed by atoms with Gasteiger partial charge in [0, 0.05) is 12.0 Å². The summed E-state index contributed by atoms with van der Waals surface area (Å²) in [4.78, 5) is 12.8. The number of allylic oxidation sites excluding steroid dienone is 2. The van der Waals surface area contributed by atoms with E-state index in [1.54, 1.807) is 0 Å². The number of hydrogen-bond donors (Lipinski definition) is 5. The predicted molar refractivity (Wildman–Crippen MR) is 137 cm³/mol. The fourth-order valence-electron chi connectivity index (χ4n) is 11.2. The summed E-state index contributed by atoms with van der Waals surface area (Å²) in [7, 11) is 0. The van der Waals surface area contributed by atoms with Crippen LogP contribution in [0.25, 0.3) is 0 Å². The van der Waals surface area contributed by atoms with Gasteiger partial charge in [0.1, 0.15) is 0 Å². The molecule has 6 heteroatoms. The summed E-state index contributed by atoms with van der Waals surface area (Å²) in [5.74, 6) is -0.115. The third-order valence-corrected chi connectivity index (χ3v) is 13.5. The third-order valence-electron chi connectivity index (χ3n) is 13.5. The van der Waals surface area contributed by atoms with E-state index in [9.17, 15) is 30.3 Å². The van der Waals surface area contributed by atoms with Crippen LogP contribution in [0.1, 0.15) is 86.0 Å². The topological polar surface area (TPSA) is 118 Å². The minimum absolute atomic E-state index is 0.0653. The van der Waals surface area contributed by atoms with Crippen LogP contribution in [0.5, 0.6) is 0 Å². The first-order valence-corrected chi connectivity index (χ1v) is 14.3. The van der Waals surface area contributed by atoms with Gasteiger partial charge in [-0.2, -0.15) is 0 Å². The van der Waals surface area contributed by atoms with Gasteiger partial charge < -0.3 is 25.5 Å². The first kappa shape index (κ1) is 26.6. The van der Waals surface area contributed by atoms with Crippen molar-refractivity contribution in [3.8, 4) is 0 Å². The number of hydrogen-bond acceptors (Lipinski definition) is 5. The zero-order valence-electron chi connectivity index (χ0n) is 22.8. The van der Waals surface area contributed by atoms with E-state index < -0.39 is 29.0 Å². The minimum atomic E-state index is -0.931. The molecule has 204 valence electrons. The molecule has 0 radical (unpaired) electrons. The number of carbonyl (C=O) groups is 1. The highest BCUT2D eigenvalue weighted by Crippen LogP contribution is 2.75. The van der Waals surface area contributed by atoms with E-state index in [1.807, 2.05) is 6.92 Å². The molecule has 4 fully saturated rings. The average molecular weight is 505 g/mol. The first-order valence-electron chi connectivity index (χ1n) is 14.3. The third kappa shape index (κ3) is 3.02. The number of carboxylic acids is 1. The average Bonchev–Trinajstić information content (AvgIpc) is 2.83. The molecule has 5 aliphatic carbocycles. The summed E-state index contributed by atoms with van der Waals surface area (Å²) >= 11 is 0. The van der Waals surface area contributed by atoms with Crippen molar-refractivity contribution in [2.24, 2.45) is 56.7 Å². The first-order chi connectivity index (χ1) is 16.8. The van der Waals surface area contributed by atoms with Crippen molar-refractivity contribution in [1.29, 1.82) is 0 Å². The van der Waals surface area contributed by atoms with Crippen molar-refractivity contribution in [2.45, 2.75) is 98.2 Å². The summed E-state index contributed by atoms with van der Waals surface area (Å²) in [6, 6.07) is 0. The second kappa shape index (κ2) is 8.27. The number of carboxylic acid groups (broad SMARTS) is 1. The minimum Gasteiger partial charge on any atom is -0.481 e. The molecular formula is C30H48O6. The molecule has 5 N–H and O–H groups in total. The Balaban J connectivity index is 1.62. The zero-order valence-corrected chi connectivity index (χ0v) is 22.8. The summed E-state index contributed by atoms with van der Waals surface area (Å²) in [6.07, 6.45) is 6.70. The second-order valence-corrected chi connectivity index (χ2v) is 14.5. The van der Waals surface area contributed by atoms with E-state index in [-0.39, 0.29) is 59.0 Å². The standard InChI is InChI=1S/C30H48O6/c1-17-18(15-31)8-11-30(25(35)36)13-12-28(4)19(23(17)30)6-7-22-26(2)14-20(33)24(34)27(3,16-32)21(26)9-10-29(22,28)5/h6,17-18,20-24,31-34H,7-16H2,1-5H3,(H,35,36)/t17-,18-,20?,21?,22+,23-,24?,26-,27?,28+,29+,30-/m0/s1. The van der Waals surface area contributed by atoms with Gasteiger partial charge in [-0.15, -0.1) is 0 Å². The van der Waals surface area contributed by atoms with Gasteiger partial charge in [0.25, 0.3) is 0 Å². The van der Waals surface area contributed by atoms with Crippen LogP contribution < -0.4 is 0 Å². The Bertz CT molecular complexity index is 948. The summed E-state index contributed by atoms with van der Waals surface area (Å²) in [6.45, 7) is 11.1. The Morgan fingerprint density at radius 2 is 1.69 bits per heavy atom. The maximum absolute atomic E-state index is 12.8. The number of fused-ring (bicyclic) bond motifs is 7. The smallest absolute Gasteiger partial charge is 0.310 e. The lowest BCUT2D eigenvalue weighted by atomic mass is 9.33. The van der Waals surface area contributed by atoms with Crippen LogP contribution in [0.4, 0.5) is 0 Å². The molecule has 0 spiro atoms. The maximum atomic E-state index is 12.8. The fourth-order valence-corrected chi connectivity index (χ4v) is 11.2. The Morgan fingerprint density at radius 1 is 1.00 bits per heavy atom. The maximum Gasteiger partial charge on any atom is 0.310 e. The lowest BCUT2D eigenvalue weighted by Crippen LogP contribution is -2.68. The van der Waals surface area contributed by atoms with Gasteiger partial charge in [0.2, 0.25) is 0 Å². The highest BCUT2D eigenvalue weighted by molar-refractivity contribution is 5.76. The Labute approximate surface area is 216 Å². The molecule has 4 unspecified atom stereocenters. The molecule has 0 bridgehead atoms. The van der Waals surface area contributed by atoms with Crippen molar-refractivity contribution in [2.75, 3.05) is 13.2 Å². The summed E-state index contributed by atoms with van der Waals surface area (Å²) < 4.78 is 0. The highest BCUT2D eigenvalue weighted by atomic mass is 16.4. The molecule has 0 aromatic rings. The number of rotatable bonds is 3. The normalized spacial score (nSPS) is 56.5. The molecule has 5 rings (SSSR count). The highest BCUT2D eigenvalue weighted by Gasteiger charge is 2.70. The predicted octanol–water partition coefficient (Wildman–Crippen LogP) is 4.01. The monoisotopic (exact) mass is 504 g/mol. The van der Waals surface area contributed by atoms with Crippen LogP contribution >= 0.6 is 0 Å². The van der Waals surface area contributed by atoms with Gasteiger partial charge in [-0.3, -0.25) is 4.79 Å². The van der Waals surface area contributed by atoms with Crippen molar-refractivity contribution in [3.63, 3.8) is 0 Å². The van der Waals surface area contributed by atoms with E-state index in [1.165, 1.54) is 5.57 Å². The van der Waals surface area contributed by atoms with Gasteiger partial charge in [-0.25, -0.2) is 0 Å². The summed E-state index contributed by atoms with van der Waals surface area (Å²) in [5.41, 5.74) is -0.644. The molecule has 0 aliphatic heterocycles. The van der Waals surface area contributed by atoms with Crippen molar-refractivity contribution < 1.29 is 30.3 Å². The lowest BCUT2D eigenvalue weighted by Gasteiger charge is -2.71. The molecule has 0 amide bonds. The van der Waals surface area contributed by atoms with Gasteiger partial charge in [-0.05, 0) is 97.2 Å². The SMILES string of the molecule is C[C@H]1[C@H](CO)CC[C@]2(C(=O)O)CC[C@]3(C)C(=CC[C@@H]4[C@@]5(C)CC(O)C(O)C(C)(CO)C5CC[C@]43C)[C@H]12. The van der Waals surface area contributed by atoms with Gasteiger partial charge in [0.15, 0.2) is 0 Å². The molecule has 0 heterocycles. The molecule has 36 heavy (non-hydrogen) atoms. The van der Waals surface area contributed by atoms with E-state index >= 15 is 0 Å². The van der Waals surface area contributed by atoms with E-state index in [0.29, 0.717) is 19.3 Å². The summed E-state index contributed by atoms with van der Waals surface area (Å²) in [5, 5.41) is 53.0. The number of aliphatic hydroxyl groups excluding tert-OH is 4. The van der Waals surface area contributed by atoms with Crippen LogP contribution in [0.15, 0.2) is 11.6 Å². The van der Waals surface area contributed by atoms with E-state index in [0.717, 1.165) is 32.1 Å². The van der Waals surface area contributed by atoms with Crippen LogP contribution in [0.2, 0.25) is 0 Å². The van der Waals surface area contributed by atoms with Crippen molar-refractivity contribution in [1.82, 2.24) is 0 Å². The molecular weight excluding hydrogens is 456 g/mol. The quantitative estimate of drug-likeness (QED) is 0.371. The molecule has 0 aromatic heterocycles. The van der Waals surface area contributed by atoms with Gasteiger partial charge in [-0.1, -0.05) is 46.3 Å². The van der Waals surface area contributed by atoms with Gasteiger partial charge in [0.05, 0.1) is 24.2 Å². The van der Waals surface area contributed by atoms with E-state index in [2.05, 4.69) is 33.8 Å². The van der Waals surface area contributed by atoms with Gasteiger partial charge >= 0.3 is 5.97 Å². The largest absolute Gasteiger partial charge is 0.481 e. The van der Waals surface area contributed by atoms with Crippen LogP contribution in [-0.2, 0) is 4.79 Å². The van der Waals surface area contributed by atoms with E-state index in [4.69, 9.17) is 0 Å². The van der Waals surface area contributed by atoms with Crippen LogP contribution in [0, 0.1) is 56.7 Å². The molecule has 4 saturated carbocycles. The fraction of sp³-hybridized carbons (Fsp3) is 0.900.